The van der Waals surface area contributed by atoms with E-state index in [1.165, 1.54) is 51.4 Å². The van der Waals surface area contributed by atoms with Crippen molar-refractivity contribution < 1.29 is 0 Å². The predicted octanol–water partition coefficient (Wildman–Crippen LogP) is 5.45. The predicted molar refractivity (Wildman–Crippen MR) is 85.9 cm³/mol. The van der Waals surface area contributed by atoms with Crippen LogP contribution in [-0.4, -0.2) is 4.87 Å². The van der Waals surface area contributed by atoms with Crippen molar-refractivity contribution in [2.45, 2.75) is 69.1 Å². The molecule has 8 aliphatic rings. The number of fused-ring (bicyclic) bond motifs is 1. The molecule has 0 N–H and O–H groups in total. The molecule has 0 nitrogen and oxygen atoms in total. The first-order valence-electron chi connectivity index (χ1n) is 9.76. The van der Waals surface area contributed by atoms with Crippen molar-refractivity contribution >= 4 is 11.6 Å². The topological polar surface area (TPSA) is 0 Å². The molecule has 0 aromatic carbocycles. The molecule has 114 valence electrons. The summed E-state index contributed by atoms with van der Waals surface area (Å²) in [6, 6.07) is 0. The highest BCUT2D eigenvalue weighted by Gasteiger charge is 2.71. The Morgan fingerprint density at radius 1 is 0.571 bits per heavy atom. The van der Waals surface area contributed by atoms with Crippen molar-refractivity contribution in [2.75, 3.05) is 0 Å². The first kappa shape index (κ1) is 12.6. The number of hydrogen-bond donors (Lipinski definition) is 0. The second kappa shape index (κ2) is 3.97. The third-order valence-electron chi connectivity index (χ3n) is 8.79. The molecule has 1 heteroatoms. The van der Waals surface area contributed by atoms with E-state index in [9.17, 15) is 0 Å². The third-order valence-corrected chi connectivity index (χ3v) is 9.62. The summed E-state index contributed by atoms with van der Waals surface area (Å²) in [5.74, 6) is 9.80. The van der Waals surface area contributed by atoms with Crippen molar-refractivity contribution in [3.8, 4) is 0 Å². The summed E-state index contributed by atoms with van der Waals surface area (Å²) >= 11 is 7.64. The molecule has 0 unspecified atom stereocenters. The monoisotopic (exact) mass is 303 g/mol. The molecule has 8 rings (SSSR count). The standard InChI is InChI=1S/C20H28Cl/c21-20(17-7-13-2-14(9-17)10-18(20)8-13)19-15-3-11-1-12(5-15)6-16(19)4-11/h11-18H,1-10H2/q+1. The van der Waals surface area contributed by atoms with Crippen LogP contribution in [0, 0.1) is 53.3 Å². The lowest BCUT2D eigenvalue weighted by Crippen LogP contribution is -2.62. The molecule has 21 heavy (non-hydrogen) atoms. The van der Waals surface area contributed by atoms with Crippen LogP contribution in [0.15, 0.2) is 0 Å². The van der Waals surface area contributed by atoms with Gasteiger partial charge in [-0.3, -0.25) is 0 Å². The van der Waals surface area contributed by atoms with Gasteiger partial charge in [-0.25, -0.2) is 0 Å². The van der Waals surface area contributed by atoms with Gasteiger partial charge in [0.1, 0.15) is 17.8 Å². The molecule has 8 saturated carbocycles. The summed E-state index contributed by atoms with van der Waals surface area (Å²) < 4.78 is 0. The smallest absolute Gasteiger partial charge is 0.0660 e. The minimum absolute atomic E-state index is 0.163. The fraction of sp³-hybridized carbons (Fsp3) is 0.950. The van der Waals surface area contributed by atoms with E-state index in [1.54, 1.807) is 12.8 Å². The number of alkyl halides is 1. The Bertz CT molecular complexity index is 410. The van der Waals surface area contributed by atoms with Crippen LogP contribution in [0.4, 0.5) is 0 Å². The maximum Gasteiger partial charge on any atom is 0.189 e. The molecule has 8 aliphatic carbocycles. The fourth-order valence-corrected chi connectivity index (χ4v) is 9.32. The van der Waals surface area contributed by atoms with Gasteiger partial charge in [-0.2, -0.15) is 0 Å². The van der Waals surface area contributed by atoms with Crippen LogP contribution in [0.25, 0.3) is 0 Å². The Kier molecular flexibility index (Phi) is 2.38. The maximum absolute atomic E-state index is 7.64. The van der Waals surface area contributed by atoms with Gasteiger partial charge in [0.25, 0.3) is 0 Å². The molecule has 0 saturated heterocycles. The van der Waals surface area contributed by atoms with E-state index in [0.717, 1.165) is 47.3 Å². The third kappa shape index (κ3) is 1.52. The van der Waals surface area contributed by atoms with Crippen LogP contribution < -0.4 is 0 Å². The molecular formula is C20H28Cl+. The number of halogens is 1. The van der Waals surface area contributed by atoms with Crippen LogP contribution in [-0.2, 0) is 0 Å². The Morgan fingerprint density at radius 3 is 1.38 bits per heavy atom. The number of rotatable bonds is 1. The van der Waals surface area contributed by atoms with Gasteiger partial charge in [-0.1, -0.05) is 11.6 Å². The molecular weight excluding hydrogens is 276 g/mol. The molecule has 0 amide bonds. The highest BCUT2D eigenvalue weighted by Crippen LogP contribution is 2.70. The molecule has 0 aliphatic heterocycles. The minimum Gasteiger partial charge on any atom is -0.0660 e. The van der Waals surface area contributed by atoms with Gasteiger partial charge in [0.2, 0.25) is 0 Å². The van der Waals surface area contributed by atoms with Gasteiger partial charge in [0.05, 0.1) is 0 Å². The molecule has 0 spiro atoms. The molecule has 0 atom stereocenters. The molecule has 0 heterocycles. The first-order valence-corrected chi connectivity index (χ1v) is 10.1. The van der Waals surface area contributed by atoms with Gasteiger partial charge in [-0.15, -0.1) is 0 Å². The van der Waals surface area contributed by atoms with Crippen molar-refractivity contribution in [3.05, 3.63) is 5.92 Å². The first-order chi connectivity index (χ1) is 10.2. The lowest BCUT2D eigenvalue weighted by Gasteiger charge is -2.61. The average Bonchev–Trinajstić information content (AvgIpc) is 2.43. The zero-order valence-electron chi connectivity index (χ0n) is 13.1. The highest BCUT2D eigenvalue weighted by molar-refractivity contribution is 6.26. The van der Waals surface area contributed by atoms with Crippen LogP contribution in [0.1, 0.15) is 64.2 Å². The summed E-state index contributed by atoms with van der Waals surface area (Å²) in [6.45, 7) is 0. The normalized spacial score (nSPS) is 63.6. The van der Waals surface area contributed by atoms with Crippen molar-refractivity contribution in [1.82, 2.24) is 0 Å². The summed E-state index contributed by atoms with van der Waals surface area (Å²) in [5, 5.41) is 0. The molecule has 0 aromatic rings. The second-order valence-corrected chi connectivity index (χ2v) is 10.5. The average molecular weight is 304 g/mol. The van der Waals surface area contributed by atoms with Crippen molar-refractivity contribution in [1.29, 1.82) is 0 Å². The maximum atomic E-state index is 7.64. The van der Waals surface area contributed by atoms with Crippen LogP contribution in [0.2, 0.25) is 0 Å². The number of hydrogen-bond acceptors (Lipinski definition) is 0. The summed E-state index contributed by atoms with van der Waals surface area (Å²) in [6.07, 6.45) is 15.1. The van der Waals surface area contributed by atoms with Crippen LogP contribution in [0.5, 0.6) is 0 Å². The zero-order chi connectivity index (χ0) is 13.8. The largest absolute Gasteiger partial charge is 0.189 e. The van der Waals surface area contributed by atoms with E-state index in [-0.39, 0.29) is 4.87 Å². The Hall–Kier alpha value is 0.160. The summed E-state index contributed by atoms with van der Waals surface area (Å²) in [5.41, 5.74) is 0. The van der Waals surface area contributed by atoms with Crippen molar-refractivity contribution in [2.24, 2.45) is 47.3 Å². The minimum atomic E-state index is 0.163. The van der Waals surface area contributed by atoms with E-state index in [4.69, 9.17) is 11.6 Å². The Balaban J connectivity index is 1.40. The zero-order valence-corrected chi connectivity index (χ0v) is 13.8. The van der Waals surface area contributed by atoms with E-state index in [1.807, 2.05) is 5.92 Å². The Labute approximate surface area is 134 Å². The molecule has 0 radical (unpaired) electrons. The van der Waals surface area contributed by atoms with E-state index in [2.05, 4.69) is 0 Å². The lowest BCUT2D eigenvalue weighted by molar-refractivity contribution is -0.0555. The van der Waals surface area contributed by atoms with Crippen molar-refractivity contribution in [3.63, 3.8) is 0 Å². The molecule has 0 aromatic heterocycles. The van der Waals surface area contributed by atoms with Gasteiger partial charge in [0.15, 0.2) is 4.87 Å². The SMILES string of the molecule is ClC1([C+]2C3CC4CC(C3)CC2C4)C2CC3CC(C2)CC1C3. The van der Waals surface area contributed by atoms with Gasteiger partial charge in [0, 0.05) is 11.8 Å². The van der Waals surface area contributed by atoms with E-state index in [0.29, 0.717) is 0 Å². The fourth-order valence-electron chi connectivity index (χ4n) is 8.66. The van der Waals surface area contributed by atoms with Crippen LogP contribution in [0.3, 0.4) is 0 Å². The van der Waals surface area contributed by atoms with E-state index < -0.39 is 0 Å². The Morgan fingerprint density at radius 2 is 0.952 bits per heavy atom. The summed E-state index contributed by atoms with van der Waals surface area (Å²) in [7, 11) is 0. The van der Waals surface area contributed by atoms with Gasteiger partial charge >= 0.3 is 0 Å². The lowest BCUT2D eigenvalue weighted by atomic mass is 9.41. The quantitative estimate of drug-likeness (QED) is 0.446. The second-order valence-electron chi connectivity index (χ2n) is 9.83. The highest BCUT2D eigenvalue weighted by atomic mass is 35.5. The molecule has 8 bridgehead atoms. The van der Waals surface area contributed by atoms with Crippen LogP contribution >= 0.6 is 11.6 Å². The van der Waals surface area contributed by atoms with Gasteiger partial charge < -0.3 is 0 Å². The molecule has 8 fully saturated rings. The van der Waals surface area contributed by atoms with Gasteiger partial charge in [-0.05, 0) is 87.9 Å². The van der Waals surface area contributed by atoms with E-state index >= 15 is 0 Å². The summed E-state index contributed by atoms with van der Waals surface area (Å²) in [4.78, 5) is 0.163.